The molecule has 68 valence electrons. The molecule has 5 heteroatoms. The van der Waals surface area contributed by atoms with E-state index in [0.29, 0.717) is 5.69 Å². The van der Waals surface area contributed by atoms with E-state index in [2.05, 4.69) is 41.9 Å². The average molecular weight is 305 g/mol. The van der Waals surface area contributed by atoms with Crippen LogP contribution in [0.25, 0.3) is 10.4 Å². The Morgan fingerprint density at radius 3 is 2.38 bits per heavy atom. The lowest BCUT2D eigenvalue weighted by Gasteiger charge is -2.08. The topological polar surface area (TPSA) is 48.8 Å². The monoisotopic (exact) mass is 303 g/mol. The zero-order valence-electron chi connectivity index (χ0n) is 7.17. The molecular weight excluding hydrogens is 298 g/mol. The molecule has 13 heavy (non-hydrogen) atoms. The Kier molecular flexibility index (Phi) is 3.36. The van der Waals surface area contributed by atoms with E-state index >= 15 is 0 Å². The van der Waals surface area contributed by atoms with Crippen LogP contribution in [0.4, 0.5) is 5.69 Å². The highest BCUT2D eigenvalue weighted by molar-refractivity contribution is 9.11. The summed E-state index contributed by atoms with van der Waals surface area (Å²) >= 11 is 6.76. The highest BCUT2D eigenvalue weighted by Crippen LogP contribution is 2.35. The van der Waals surface area contributed by atoms with Crippen molar-refractivity contribution in [2.24, 2.45) is 5.11 Å². The van der Waals surface area contributed by atoms with Gasteiger partial charge in [-0.2, -0.15) is 0 Å². The Hall–Kier alpha value is -0.510. The quantitative estimate of drug-likeness (QED) is 0.408. The molecule has 0 saturated heterocycles. The lowest BCUT2D eigenvalue weighted by atomic mass is 10.1. The predicted octanol–water partition coefficient (Wildman–Crippen LogP) is 4.77. The first-order valence-corrected chi connectivity index (χ1v) is 5.16. The summed E-state index contributed by atoms with van der Waals surface area (Å²) in [5, 5.41) is 3.62. The van der Waals surface area contributed by atoms with E-state index in [9.17, 15) is 0 Å². The Balaban J connectivity index is 3.52. The number of azide groups is 1. The summed E-state index contributed by atoms with van der Waals surface area (Å²) < 4.78 is 1.81. The maximum Gasteiger partial charge on any atom is 0.0550 e. The lowest BCUT2D eigenvalue weighted by Crippen LogP contribution is -1.84. The van der Waals surface area contributed by atoms with Gasteiger partial charge < -0.3 is 0 Å². The van der Waals surface area contributed by atoms with Crippen LogP contribution in [0.15, 0.2) is 20.1 Å². The van der Waals surface area contributed by atoms with Crippen LogP contribution >= 0.6 is 31.9 Å². The third kappa shape index (κ3) is 2.05. The summed E-state index contributed by atoms with van der Waals surface area (Å²) in [4.78, 5) is 2.78. The van der Waals surface area contributed by atoms with Crippen LogP contribution in [-0.4, -0.2) is 0 Å². The minimum Gasteiger partial charge on any atom is -0.0593 e. The van der Waals surface area contributed by atoms with Crippen molar-refractivity contribution in [1.82, 2.24) is 0 Å². The van der Waals surface area contributed by atoms with Crippen LogP contribution in [0.2, 0.25) is 0 Å². The van der Waals surface area contributed by atoms with Crippen molar-refractivity contribution in [1.29, 1.82) is 0 Å². The number of rotatable bonds is 1. The number of hydrogen-bond donors (Lipinski definition) is 0. The first-order chi connectivity index (χ1) is 6.07. The van der Waals surface area contributed by atoms with Crippen molar-refractivity contribution in [3.63, 3.8) is 0 Å². The van der Waals surface area contributed by atoms with Crippen molar-refractivity contribution in [3.05, 3.63) is 36.6 Å². The molecule has 0 atom stereocenters. The second kappa shape index (κ2) is 4.13. The molecule has 0 aromatic heterocycles. The summed E-state index contributed by atoms with van der Waals surface area (Å²) in [6.07, 6.45) is 0. The maximum absolute atomic E-state index is 8.35. The third-order valence-corrected chi connectivity index (χ3v) is 3.33. The predicted molar refractivity (Wildman–Crippen MR) is 60.1 cm³/mol. The van der Waals surface area contributed by atoms with Gasteiger partial charge in [-0.1, -0.05) is 37.0 Å². The highest BCUT2D eigenvalue weighted by Gasteiger charge is 2.07. The van der Waals surface area contributed by atoms with Crippen molar-refractivity contribution >= 4 is 37.5 Å². The molecule has 0 spiro atoms. The normalized spacial score (nSPS) is 9.54. The van der Waals surface area contributed by atoms with E-state index in [1.165, 1.54) is 0 Å². The van der Waals surface area contributed by atoms with Crippen molar-refractivity contribution < 1.29 is 0 Å². The van der Waals surface area contributed by atoms with E-state index in [4.69, 9.17) is 5.53 Å². The minimum absolute atomic E-state index is 0.656. The molecule has 1 rings (SSSR count). The van der Waals surface area contributed by atoms with Gasteiger partial charge in [-0.3, -0.25) is 0 Å². The molecular formula is C8H7Br2N3. The second-order valence-corrected chi connectivity index (χ2v) is 4.34. The van der Waals surface area contributed by atoms with Gasteiger partial charge in [-0.05, 0) is 36.6 Å². The SMILES string of the molecule is Cc1c(Br)cc(Br)c(N=[N+]=[N-])c1C. The molecule has 0 fully saturated rings. The first kappa shape index (κ1) is 10.6. The van der Waals surface area contributed by atoms with Gasteiger partial charge in [0.25, 0.3) is 0 Å². The van der Waals surface area contributed by atoms with Crippen LogP contribution < -0.4 is 0 Å². The highest BCUT2D eigenvalue weighted by atomic mass is 79.9. The van der Waals surface area contributed by atoms with Gasteiger partial charge in [-0.25, -0.2) is 0 Å². The van der Waals surface area contributed by atoms with E-state index in [-0.39, 0.29) is 0 Å². The van der Waals surface area contributed by atoms with Crippen LogP contribution in [0.5, 0.6) is 0 Å². The molecule has 0 radical (unpaired) electrons. The average Bonchev–Trinajstić information content (AvgIpc) is 2.09. The summed E-state index contributed by atoms with van der Waals surface area (Å²) in [7, 11) is 0. The zero-order chi connectivity index (χ0) is 10.0. The van der Waals surface area contributed by atoms with Gasteiger partial charge in [0.2, 0.25) is 0 Å². The van der Waals surface area contributed by atoms with Gasteiger partial charge in [0.05, 0.1) is 5.69 Å². The van der Waals surface area contributed by atoms with E-state index in [1.54, 1.807) is 0 Å². The Morgan fingerprint density at radius 1 is 1.23 bits per heavy atom. The molecule has 0 N–H and O–H groups in total. The van der Waals surface area contributed by atoms with Crippen LogP contribution in [0, 0.1) is 13.8 Å². The van der Waals surface area contributed by atoms with Crippen molar-refractivity contribution in [3.8, 4) is 0 Å². The summed E-state index contributed by atoms with van der Waals surface area (Å²) in [5.41, 5.74) is 11.1. The number of nitrogens with zero attached hydrogens (tertiary/aromatic N) is 3. The molecule has 0 heterocycles. The molecule has 0 saturated carbocycles. The lowest BCUT2D eigenvalue weighted by molar-refractivity contribution is 1.27. The molecule has 0 amide bonds. The Morgan fingerprint density at radius 2 is 1.85 bits per heavy atom. The molecule has 1 aromatic rings. The zero-order valence-corrected chi connectivity index (χ0v) is 10.3. The fraction of sp³-hybridized carbons (Fsp3) is 0.250. The van der Waals surface area contributed by atoms with Gasteiger partial charge in [0.1, 0.15) is 0 Å². The van der Waals surface area contributed by atoms with Gasteiger partial charge >= 0.3 is 0 Å². The van der Waals surface area contributed by atoms with Crippen LogP contribution in [0.1, 0.15) is 11.1 Å². The summed E-state index contributed by atoms with van der Waals surface area (Å²) in [6, 6.07) is 1.88. The van der Waals surface area contributed by atoms with Crippen molar-refractivity contribution in [2.45, 2.75) is 13.8 Å². The van der Waals surface area contributed by atoms with Gasteiger partial charge in [-0.15, -0.1) is 0 Å². The van der Waals surface area contributed by atoms with Crippen LogP contribution in [-0.2, 0) is 0 Å². The fourth-order valence-electron chi connectivity index (χ4n) is 0.991. The smallest absolute Gasteiger partial charge is 0.0550 e. The molecule has 0 bridgehead atoms. The number of hydrogen-bond acceptors (Lipinski definition) is 1. The van der Waals surface area contributed by atoms with Crippen LogP contribution in [0.3, 0.4) is 0 Å². The largest absolute Gasteiger partial charge is 0.0593 e. The molecule has 0 aliphatic rings. The molecule has 3 nitrogen and oxygen atoms in total. The molecule has 0 unspecified atom stereocenters. The number of halogens is 2. The van der Waals surface area contributed by atoms with E-state index in [0.717, 1.165) is 20.1 Å². The minimum atomic E-state index is 0.656. The second-order valence-electron chi connectivity index (χ2n) is 2.63. The Labute approximate surface area is 93.0 Å². The summed E-state index contributed by atoms with van der Waals surface area (Å²) in [6.45, 7) is 3.90. The van der Waals surface area contributed by atoms with E-state index in [1.807, 2.05) is 19.9 Å². The Bertz CT molecular complexity index is 395. The fourth-order valence-corrected chi connectivity index (χ4v) is 2.43. The molecule has 1 aromatic carbocycles. The van der Waals surface area contributed by atoms with E-state index < -0.39 is 0 Å². The first-order valence-electron chi connectivity index (χ1n) is 3.58. The number of benzene rings is 1. The van der Waals surface area contributed by atoms with Gasteiger partial charge in [0, 0.05) is 13.9 Å². The summed E-state index contributed by atoms with van der Waals surface area (Å²) in [5.74, 6) is 0. The standard InChI is InChI=1S/C8H7Br2N3/c1-4-5(2)8(12-13-11)7(10)3-6(4)9/h3H,1-2H3. The maximum atomic E-state index is 8.35. The molecule has 0 aliphatic carbocycles. The third-order valence-electron chi connectivity index (χ3n) is 1.90. The van der Waals surface area contributed by atoms with Gasteiger partial charge in [0.15, 0.2) is 0 Å². The van der Waals surface area contributed by atoms with Crippen molar-refractivity contribution in [2.75, 3.05) is 0 Å². The molecule has 0 aliphatic heterocycles.